The minimum Gasteiger partial charge on any atom is -0.390 e. The van der Waals surface area contributed by atoms with Gasteiger partial charge in [-0.15, -0.1) is 23.9 Å². The van der Waals surface area contributed by atoms with E-state index in [0.29, 0.717) is 41.0 Å². The average molecular weight is 740 g/mol. The number of allylic oxidation sites excluding steroid dienone is 2. The topological polar surface area (TPSA) is 111 Å². The Balaban J connectivity index is 0.000000160. The number of aliphatic hydroxyl groups is 2. The van der Waals surface area contributed by atoms with Crippen molar-refractivity contribution in [2.75, 3.05) is 0 Å². The van der Waals surface area contributed by atoms with E-state index < -0.39 is 18.0 Å². The molecule has 9 rings (SSSR count). The van der Waals surface area contributed by atoms with E-state index in [0.717, 1.165) is 57.3 Å². The van der Waals surface area contributed by atoms with Gasteiger partial charge in [-0.3, -0.25) is 0 Å². The molecule has 52 heavy (non-hydrogen) atoms. The summed E-state index contributed by atoms with van der Waals surface area (Å²) in [5.41, 5.74) is 22.9. The molecule has 0 spiro atoms. The second kappa shape index (κ2) is 13.3. The number of ether oxygens (including phenoxy) is 2. The van der Waals surface area contributed by atoms with E-state index in [-0.39, 0.29) is 58.7 Å². The van der Waals surface area contributed by atoms with Crippen molar-refractivity contribution in [3.8, 4) is 0 Å². The molecule has 0 aromatic carbocycles. The zero-order chi connectivity index (χ0) is 36.5. The van der Waals surface area contributed by atoms with E-state index in [1.54, 1.807) is 0 Å². The van der Waals surface area contributed by atoms with Gasteiger partial charge in [0.1, 0.15) is 0 Å². The molecule has 0 bridgehead atoms. The van der Waals surface area contributed by atoms with Crippen LogP contribution in [0, 0.1) is 69.0 Å². The van der Waals surface area contributed by atoms with Crippen LogP contribution in [0.15, 0.2) is 35.8 Å². The fourth-order valence-corrected chi connectivity index (χ4v) is 15.7. The summed E-state index contributed by atoms with van der Waals surface area (Å²) < 4.78 is 13.3. The van der Waals surface area contributed by atoms with Crippen LogP contribution in [-0.2, 0) is 9.47 Å². The summed E-state index contributed by atoms with van der Waals surface area (Å²) in [6.45, 7) is 21.9. The minimum absolute atomic E-state index is 0. The van der Waals surface area contributed by atoms with Crippen LogP contribution in [0.5, 0.6) is 0 Å². The molecule has 0 aromatic heterocycles. The number of halogens is 1. The molecule has 1 heterocycles. The summed E-state index contributed by atoms with van der Waals surface area (Å²) in [6.07, 6.45) is 15.2. The summed E-state index contributed by atoms with van der Waals surface area (Å²) >= 11 is 0. The molecule has 8 saturated carbocycles. The van der Waals surface area contributed by atoms with Crippen LogP contribution in [0.3, 0.4) is 0 Å². The Morgan fingerprint density at radius 1 is 0.577 bits per heavy atom. The van der Waals surface area contributed by atoms with E-state index >= 15 is 0 Å². The van der Waals surface area contributed by atoms with Crippen LogP contribution < -0.4 is 11.5 Å². The first-order valence-electron chi connectivity index (χ1n) is 21.0. The van der Waals surface area contributed by atoms with Crippen molar-refractivity contribution in [3.05, 3.63) is 35.8 Å². The fourth-order valence-electron chi connectivity index (χ4n) is 15.7. The van der Waals surface area contributed by atoms with Crippen LogP contribution in [0.25, 0.3) is 0 Å². The molecule has 9 aliphatic rings. The van der Waals surface area contributed by atoms with E-state index in [9.17, 15) is 10.2 Å². The quantitative estimate of drug-likeness (QED) is 0.187. The predicted octanol–water partition coefficient (Wildman–Crippen LogP) is 8.24. The van der Waals surface area contributed by atoms with Gasteiger partial charge < -0.3 is 31.2 Å². The van der Waals surface area contributed by atoms with Gasteiger partial charge in [0.05, 0.1) is 24.4 Å². The fraction of sp³-hybridized carbons (Fsp3) is 0.867. The van der Waals surface area contributed by atoms with Crippen LogP contribution >= 0.6 is 12.4 Å². The summed E-state index contributed by atoms with van der Waals surface area (Å²) in [6, 6.07) is 0.500. The second-order valence-electron chi connectivity index (χ2n) is 20.7. The molecular formula is C45H71ClN2O4. The van der Waals surface area contributed by atoms with Gasteiger partial charge >= 0.3 is 0 Å². The van der Waals surface area contributed by atoms with Crippen molar-refractivity contribution in [3.63, 3.8) is 0 Å². The van der Waals surface area contributed by atoms with Crippen molar-refractivity contribution >= 4 is 12.4 Å². The Bertz CT molecular complexity index is 1500. The monoisotopic (exact) mass is 739 g/mol. The predicted molar refractivity (Wildman–Crippen MR) is 209 cm³/mol. The third-order valence-electron chi connectivity index (χ3n) is 18.4. The van der Waals surface area contributed by atoms with E-state index in [2.05, 4.69) is 66.2 Å². The lowest BCUT2D eigenvalue weighted by Gasteiger charge is -2.63. The van der Waals surface area contributed by atoms with Crippen LogP contribution in [-0.4, -0.2) is 52.5 Å². The molecular weight excluding hydrogens is 668 g/mol. The maximum atomic E-state index is 11.1. The Labute approximate surface area is 321 Å². The molecule has 1 saturated heterocycles. The maximum Gasteiger partial charge on any atom is 0.163 e. The average Bonchev–Trinajstić information content (AvgIpc) is 3.73. The number of aliphatic hydroxyl groups excluding tert-OH is 2. The molecule has 18 atom stereocenters. The van der Waals surface area contributed by atoms with Crippen LogP contribution in [0.2, 0.25) is 0 Å². The largest absolute Gasteiger partial charge is 0.390 e. The van der Waals surface area contributed by atoms with Crippen LogP contribution in [0.1, 0.15) is 131 Å². The molecule has 8 aliphatic carbocycles. The minimum atomic E-state index is -0.623. The number of hydrogen-bond donors (Lipinski definition) is 4. The Morgan fingerprint density at radius 3 is 1.58 bits per heavy atom. The number of nitrogens with two attached hydrogens (primary N) is 2. The first-order chi connectivity index (χ1) is 24.0. The molecule has 8 unspecified atom stereocenters. The van der Waals surface area contributed by atoms with Gasteiger partial charge in [-0.05, 0) is 184 Å². The highest BCUT2D eigenvalue weighted by Crippen LogP contribution is 2.70. The Morgan fingerprint density at radius 2 is 1.04 bits per heavy atom. The summed E-state index contributed by atoms with van der Waals surface area (Å²) in [7, 11) is 0. The first-order valence-corrected chi connectivity index (χ1v) is 21.0. The van der Waals surface area contributed by atoms with Gasteiger partial charge in [-0.2, -0.15) is 0 Å². The summed E-state index contributed by atoms with van der Waals surface area (Å²) in [5.74, 6) is 3.39. The van der Waals surface area contributed by atoms with E-state index in [1.165, 1.54) is 49.7 Å². The van der Waals surface area contributed by atoms with E-state index in [1.807, 2.05) is 0 Å². The highest BCUT2D eigenvalue weighted by Gasteiger charge is 2.68. The summed E-state index contributed by atoms with van der Waals surface area (Å²) in [4.78, 5) is 0. The van der Waals surface area contributed by atoms with Crippen molar-refractivity contribution in [1.29, 1.82) is 0 Å². The molecule has 9 fully saturated rings. The van der Waals surface area contributed by atoms with Gasteiger partial charge in [-0.25, -0.2) is 0 Å². The standard InChI is InChI=1S/C24H37NO2.C21H33NO2.ClH/c1-6-14-7-8-16-19-17(10-12-23(14,16)4)24(5)11-9-15(25)13-18(24)20-21(19)27-22(2,3)26-20;1-4-12-5-6-14-17-15(8-10-20(12,14)2)21(3)9-7-13(22)11-16(21)18(23)19(17)24;/h15-21H,1,7-13,25H2,2-5H3;13-19,23-24H,1,5-11,22H2,2-3H3;1H/t15-,16?,17?,18?,19?,20+,21+,23+,24+;13-,14?,15?,16?,17?,18+,19+,20+,21+;/m00./s1. The van der Waals surface area contributed by atoms with Gasteiger partial charge in [0, 0.05) is 12.1 Å². The van der Waals surface area contributed by atoms with Crippen LogP contribution in [0.4, 0.5) is 0 Å². The molecule has 6 nitrogen and oxygen atoms in total. The molecule has 0 amide bonds. The van der Waals surface area contributed by atoms with Gasteiger partial charge in [0.2, 0.25) is 0 Å². The van der Waals surface area contributed by atoms with Crippen molar-refractivity contribution < 1.29 is 19.7 Å². The SMILES string of the molecule is C=C=C1CCC2C3C(CC[C@]12C)[C@@]1(C)CC[C@H](N)CC1[C@@H](O)[C@@H]3O.C=C=C1CCC2C3C(CC[C@]12C)[C@@]1(C)CC[C@H](N)CC1[C@H]1OC(C)(C)O[C@H]31.Cl. The molecule has 1 aliphatic heterocycles. The molecule has 0 aromatic rings. The number of hydrogen-bond acceptors (Lipinski definition) is 6. The zero-order valence-corrected chi connectivity index (χ0v) is 34.0. The molecule has 7 heteroatoms. The van der Waals surface area contributed by atoms with E-state index in [4.69, 9.17) is 20.9 Å². The first kappa shape index (κ1) is 39.3. The van der Waals surface area contributed by atoms with Crippen molar-refractivity contribution in [2.45, 2.75) is 174 Å². The second-order valence-corrected chi connectivity index (χ2v) is 20.7. The lowest BCUT2D eigenvalue weighted by Crippen LogP contribution is -2.64. The third-order valence-corrected chi connectivity index (χ3v) is 18.4. The Kier molecular flexibility index (Phi) is 10.1. The third kappa shape index (κ3) is 5.54. The zero-order valence-electron chi connectivity index (χ0n) is 33.2. The van der Waals surface area contributed by atoms with Gasteiger partial charge in [-0.1, -0.05) is 40.9 Å². The Hall–Kier alpha value is -0.910. The number of fused-ring (bicyclic) bond motifs is 13. The lowest BCUT2D eigenvalue weighted by molar-refractivity contribution is -0.210. The normalized spacial score (nSPS) is 55.3. The van der Waals surface area contributed by atoms with Gasteiger partial charge in [0.25, 0.3) is 0 Å². The maximum absolute atomic E-state index is 11.1. The molecule has 292 valence electrons. The highest BCUT2D eigenvalue weighted by atomic mass is 35.5. The van der Waals surface area contributed by atoms with Gasteiger partial charge in [0.15, 0.2) is 5.79 Å². The highest BCUT2D eigenvalue weighted by molar-refractivity contribution is 5.85. The smallest absolute Gasteiger partial charge is 0.163 e. The number of rotatable bonds is 0. The molecule has 6 N–H and O–H groups in total. The van der Waals surface area contributed by atoms with Crippen molar-refractivity contribution in [1.82, 2.24) is 0 Å². The van der Waals surface area contributed by atoms with Crippen molar-refractivity contribution in [2.24, 2.45) is 80.5 Å². The lowest BCUT2D eigenvalue weighted by atomic mass is 9.43. The summed E-state index contributed by atoms with van der Waals surface area (Å²) in [5, 5.41) is 22.1. The molecule has 0 radical (unpaired) electrons.